The van der Waals surface area contributed by atoms with Gasteiger partial charge in [0.05, 0.1) is 20.3 Å². The summed E-state index contributed by atoms with van der Waals surface area (Å²) in [5.74, 6) is 1.34. The van der Waals surface area contributed by atoms with Crippen molar-refractivity contribution in [3.63, 3.8) is 0 Å². The summed E-state index contributed by atoms with van der Waals surface area (Å²) < 4.78 is 10.6. The Balaban J connectivity index is 1.76. The van der Waals surface area contributed by atoms with Crippen LogP contribution in [-0.4, -0.2) is 36.6 Å². The van der Waals surface area contributed by atoms with E-state index in [-0.39, 0.29) is 11.9 Å². The number of likely N-dealkylation sites (tertiary alicyclic amines) is 1. The van der Waals surface area contributed by atoms with E-state index in [0.29, 0.717) is 11.5 Å². The molecule has 1 aliphatic rings. The Morgan fingerprint density at radius 3 is 2.77 bits per heavy atom. The van der Waals surface area contributed by atoms with Crippen LogP contribution in [0.25, 0.3) is 6.08 Å². The van der Waals surface area contributed by atoms with Crippen LogP contribution < -0.4 is 9.47 Å². The molecule has 0 bridgehead atoms. The number of carbonyl (C=O) groups excluding carboxylic acids is 1. The highest BCUT2D eigenvalue weighted by atomic mass is 16.5. The van der Waals surface area contributed by atoms with Crippen LogP contribution in [0.15, 0.2) is 48.8 Å². The third-order valence-electron chi connectivity index (χ3n) is 4.68. The maximum Gasteiger partial charge on any atom is 0.247 e. The predicted octanol–water partition coefficient (Wildman–Crippen LogP) is 3.87. The van der Waals surface area contributed by atoms with Crippen LogP contribution in [0.4, 0.5) is 0 Å². The first kappa shape index (κ1) is 18.0. The quantitative estimate of drug-likeness (QED) is 0.767. The van der Waals surface area contributed by atoms with Crippen LogP contribution in [0.5, 0.6) is 11.5 Å². The zero-order chi connectivity index (χ0) is 18.4. The Bertz CT molecular complexity index is 774. The molecule has 1 aromatic heterocycles. The molecule has 5 heteroatoms. The normalized spacial score (nSPS) is 17.3. The van der Waals surface area contributed by atoms with Gasteiger partial charge < -0.3 is 14.4 Å². The smallest absolute Gasteiger partial charge is 0.247 e. The number of rotatable bonds is 5. The molecule has 1 aliphatic heterocycles. The number of pyridine rings is 1. The standard InChI is InChI=1S/C21H24N2O3/c1-25-19-10-8-16(14-20(19)26-2)9-11-21(24)23-13-4-3-7-18(23)17-6-5-12-22-15-17/h5-6,8-12,14-15,18H,3-4,7,13H2,1-2H3/t18-/m0/s1. The van der Waals surface area contributed by atoms with Crippen LogP contribution in [0.2, 0.25) is 0 Å². The Hall–Kier alpha value is -2.82. The summed E-state index contributed by atoms with van der Waals surface area (Å²) in [5, 5.41) is 0. The van der Waals surface area contributed by atoms with Gasteiger partial charge in [-0.15, -0.1) is 0 Å². The van der Waals surface area contributed by atoms with Crippen molar-refractivity contribution in [2.75, 3.05) is 20.8 Å². The van der Waals surface area contributed by atoms with E-state index in [2.05, 4.69) is 4.98 Å². The fourth-order valence-corrected chi connectivity index (χ4v) is 3.33. The fourth-order valence-electron chi connectivity index (χ4n) is 3.33. The minimum absolute atomic E-state index is 0.0216. The van der Waals surface area contributed by atoms with Crippen molar-refractivity contribution >= 4 is 12.0 Å². The molecular weight excluding hydrogens is 328 g/mol. The van der Waals surface area contributed by atoms with Gasteiger partial charge in [0.2, 0.25) is 5.91 Å². The lowest BCUT2D eigenvalue weighted by Gasteiger charge is -2.35. The molecule has 2 heterocycles. The zero-order valence-corrected chi connectivity index (χ0v) is 15.2. The number of amides is 1. The fraction of sp³-hybridized carbons (Fsp3) is 0.333. The number of nitrogens with zero attached hydrogens (tertiary/aromatic N) is 2. The van der Waals surface area contributed by atoms with E-state index in [4.69, 9.17) is 9.47 Å². The van der Waals surface area contributed by atoms with Crippen molar-refractivity contribution in [2.45, 2.75) is 25.3 Å². The molecule has 2 aromatic rings. The van der Waals surface area contributed by atoms with Gasteiger partial charge in [-0.1, -0.05) is 12.1 Å². The second kappa shape index (κ2) is 8.52. The average molecular weight is 352 g/mol. The highest BCUT2D eigenvalue weighted by Gasteiger charge is 2.26. The topological polar surface area (TPSA) is 51.7 Å². The molecule has 0 spiro atoms. The number of methoxy groups -OCH3 is 2. The first-order valence-electron chi connectivity index (χ1n) is 8.83. The van der Waals surface area contributed by atoms with Gasteiger partial charge in [0.15, 0.2) is 11.5 Å². The second-order valence-corrected chi connectivity index (χ2v) is 6.28. The summed E-state index contributed by atoms with van der Waals surface area (Å²) in [6, 6.07) is 9.66. The number of piperidine rings is 1. The summed E-state index contributed by atoms with van der Waals surface area (Å²) in [5.41, 5.74) is 1.99. The minimum Gasteiger partial charge on any atom is -0.493 e. The van der Waals surface area contributed by atoms with E-state index in [9.17, 15) is 4.79 Å². The highest BCUT2D eigenvalue weighted by Crippen LogP contribution is 2.31. The Morgan fingerprint density at radius 1 is 1.19 bits per heavy atom. The van der Waals surface area contributed by atoms with Crippen LogP contribution in [0.1, 0.15) is 36.4 Å². The van der Waals surface area contributed by atoms with Crippen LogP contribution in [-0.2, 0) is 4.79 Å². The van der Waals surface area contributed by atoms with Gasteiger partial charge in [-0.25, -0.2) is 0 Å². The molecule has 1 atom stereocenters. The molecule has 1 aromatic carbocycles. The zero-order valence-electron chi connectivity index (χ0n) is 15.2. The molecule has 0 radical (unpaired) electrons. The number of hydrogen-bond acceptors (Lipinski definition) is 4. The summed E-state index contributed by atoms with van der Waals surface area (Å²) in [7, 11) is 3.20. The van der Waals surface area contributed by atoms with E-state index in [1.54, 1.807) is 26.5 Å². The van der Waals surface area contributed by atoms with Crippen LogP contribution in [0.3, 0.4) is 0 Å². The van der Waals surface area contributed by atoms with Crippen molar-refractivity contribution in [3.05, 3.63) is 59.9 Å². The first-order chi connectivity index (χ1) is 12.7. The molecule has 0 unspecified atom stereocenters. The summed E-state index contributed by atoms with van der Waals surface area (Å²) in [6.07, 6.45) is 10.2. The van der Waals surface area contributed by atoms with Gasteiger partial charge in [0.1, 0.15) is 0 Å². The molecule has 0 aliphatic carbocycles. The van der Waals surface area contributed by atoms with Crippen molar-refractivity contribution in [3.8, 4) is 11.5 Å². The maximum atomic E-state index is 12.8. The van der Waals surface area contributed by atoms with E-state index in [1.807, 2.05) is 47.5 Å². The highest BCUT2D eigenvalue weighted by molar-refractivity contribution is 5.92. The average Bonchev–Trinajstić information content (AvgIpc) is 2.72. The monoisotopic (exact) mass is 352 g/mol. The number of carbonyl (C=O) groups is 1. The van der Waals surface area contributed by atoms with Crippen molar-refractivity contribution in [2.24, 2.45) is 0 Å². The molecular formula is C21H24N2O3. The molecule has 1 fully saturated rings. The molecule has 3 rings (SSSR count). The van der Waals surface area contributed by atoms with Gasteiger partial charge in [-0.2, -0.15) is 0 Å². The molecule has 136 valence electrons. The van der Waals surface area contributed by atoms with E-state index < -0.39 is 0 Å². The van der Waals surface area contributed by atoms with Gasteiger partial charge in [0.25, 0.3) is 0 Å². The lowest BCUT2D eigenvalue weighted by atomic mass is 9.96. The van der Waals surface area contributed by atoms with Crippen molar-refractivity contribution in [1.29, 1.82) is 0 Å². The largest absolute Gasteiger partial charge is 0.493 e. The molecule has 26 heavy (non-hydrogen) atoms. The SMILES string of the molecule is COc1ccc(C=CC(=O)N2CCCC[C@H]2c2cccnc2)cc1OC. The summed E-state index contributed by atoms with van der Waals surface area (Å²) >= 11 is 0. The van der Waals surface area contributed by atoms with E-state index in [1.165, 1.54) is 0 Å². The molecule has 1 amide bonds. The van der Waals surface area contributed by atoms with Crippen molar-refractivity contribution < 1.29 is 14.3 Å². The van der Waals surface area contributed by atoms with Crippen molar-refractivity contribution in [1.82, 2.24) is 9.88 Å². The van der Waals surface area contributed by atoms with Gasteiger partial charge in [-0.3, -0.25) is 9.78 Å². The lowest BCUT2D eigenvalue weighted by molar-refractivity contribution is -0.129. The third kappa shape index (κ3) is 4.04. The number of benzene rings is 1. The molecule has 0 saturated carbocycles. The summed E-state index contributed by atoms with van der Waals surface area (Å²) in [6.45, 7) is 0.772. The minimum atomic E-state index is 0.0216. The van der Waals surface area contributed by atoms with E-state index >= 15 is 0 Å². The number of aromatic nitrogens is 1. The number of ether oxygens (including phenoxy) is 2. The molecule has 5 nitrogen and oxygen atoms in total. The van der Waals surface area contributed by atoms with Gasteiger partial charge in [-0.05, 0) is 54.7 Å². The second-order valence-electron chi connectivity index (χ2n) is 6.28. The van der Waals surface area contributed by atoms with Crippen LogP contribution in [0, 0.1) is 0 Å². The van der Waals surface area contributed by atoms with Gasteiger partial charge in [0, 0.05) is 25.0 Å². The summed E-state index contributed by atoms with van der Waals surface area (Å²) in [4.78, 5) is 18.9. The third-order valence-corrected chi connectivity index (χ3v) is 4.68. The Morgan fingerprint density at radius 2 is 2.04 bits per heavy atom. The van der Waals surface area contributed by atoms with Gasteiger partial charge >= 0.3 is 0 Å². The molecule has 1 saturated heterocycles. The Labute approximate surface area is 154 Å². The maximum absolute atomic E-state index is 12.8. The number of hydrogen-bond donors (Lipinski definition) is 0. The molecule has 0 N–H and O–H groups in total. The van der Waals surface area contributed by atoms with Crippen LogP contribution >= 0.6 is 0 Å². The predicted molar refractivity (Wildman–Crippen MR) is 101 cm³/mol. The Kier molecular flexibility index (Phi) is 5.89. The van der Waals surface area contributed by atoms with E-state index in [0.717, 1.165) is 36.9 Å². The first-order valence-corrected chi connectivity index (χ1v) is 8.83. The lowest BCUT2D eigenvalue weighted by Crippen LogP contribution is -2.37.